The van der Waals surface area contributed by atoms with E-state index in [0.29, 0.717) is 29.8 Å². The summed E-state index contributed by atoms with van der Waals surface area (Å²) >= 11 is 5.90. The molecular formula is C21H20ClN3O6S. The van der Waals surface area contributed by atoms with Crippen molar-refractivity contribution in [3.63, 3.8) is 0 Å². The summed E-state index contributed by atoms with van der Waals surface area (Å²) in [6, 6.07) is 14.6. The lowest BCUT2D eigenvalue weighted by Crippen LogP contribution is -2.40. The van der Waals surface area contributed by atoms with Gasteiger partial charge in [-0.05, 0) is 48.5 Å². The molecule has 0 saturated carbocycles. The molecule has 0 spiro atoms. The minimum absolute atomic E-state index is 0.125. The van der Waals surface area contributed by atoms with Crippen LogP contribution in [-0.4, -0.2) is 43.9 Å². The Kier molecular flexibility index (Phi) is 6.47. The average molecular weight is 478 g/mol. The second-order valence-electron chi connectivity index (χ2n) is 7.08. The predicted octanol–water partition coefficient (Wildman–Crippen LogP) is 4.14. The predicted molar refractivity (Wildman–Crippen MR) is 119 cm³/mol. The summed E-state index contributed by atoms with van der Waals surface area (Å²) in [5, 5.41) is 15.2. The van der Waals surface area contributed by atoms with Gasteiger partial charge in [-0.2, -0.15) is 4.31 Å². The van der Waals surface area contributed by atoms with Gasteiger partial charge >= 0.3 is 0 Å². The summed E-state index contributed by atoms with van der Waals surface area (Å²) in [6.45, 7) is 1.20. The number of furan rings is 1. The molecular weight excluding hydrogens is 458 g/mol. The molecule has 0 radical (unpaired) electrons. The summed E-state index contributed by atoms with van der Waals surface area (Å²) in [6.07, 6.45) is 0. The fourth-order valence-electron chi connectivity index (χ4n) is 3.33. The second-order valence-corrected chi connectivity index (χ2v) is 9.45. The van der Waals surface area contributed by atoms with Gasteiger partial charge in [0.2, 0.25) is 10.0 Å². The number of hydrogen-bond acceptors (Lipinski definition) is 7. The highest BCUT2D eigenvalue weighted by molar-refractivity contribution is 7.89. The zero-order valence-electron chi connectivity index (χ0n) is 16.9. The van der Waals surface area contributed by atoms with E-state index in [4.69, 9.17) is 20.8 Å². The van der Waals surface area contributed by atoms with Crippen LogP contribution in [0.15, 0.2) is 63.9 Å². The number of halogens is 1. The van der Waals surface area contributed by atoms with Gasteiger partial charge in [0.05, 0.1) is 29.6 Å². The highest BCUT2D eigenvalue weighted by Crippen LogP contribution is 2.30. The minimum atomic E-state index is -3.84. The smallest absolute Gasteiger partial charge is 0.293 e. The van der Waals surface area contributed by atoms with Crippen LogP contribution in [-0.2, 0) is 21.3 Å². The average Bonchev–Trinajstić information content (AvgIpc) is 3.27. The molecule has 2 heterocycles. The maximum Gasteiger partial charge on any atom is 0.293 e. The zero-order chi connectivity index (χ0) is 22.7. The monoisotopic (exact) mass is 477 g/mol. The van der Waals surface area contributed by atoms with Crippen molar-refractivity contribution in [2.24, 2.45) is 0 Å². The minimum Gasteiger partial charge on any atom is -0.459 e. The molecule has 0 atom stereocenters. The van der Waals surface area contributed by atoms with Crippen LogP contribution in [0.25, 0.3) is 11.3 Å². The molecule has 11 heteroatoms. The van der Waals surface area contributed by atoms with Gasteiger partial charge in [-0.1, -0.05) is 11.6 Å². The molecule has 1 aliphatic rings. The van der Waals surface area contributed by atoms with Crippen LogP contribution in [0.2, 0.25) is 5.02 Å². The quantitative estimate of drug-likeness (QED) is 0.401. The van der Waals surface area contributed by atoms with Gasteiger partial charge in [0.25, 0.3) is 5.69 Å². The summed E-state index contributed by atoms with van der Waals surface area (Å²) < 4.78 is 37.9. The molecule has 3 aromatic rings. The summed E-state index contributed by atoms with van der Waals surface area (Å²) in [5.74, 6) is 1.20. The van der Waals surface area contributed by atoms with Crippen molar-refractivity contribution in [1.29, 1.82) is 0 Å². The molecule has 0 amide bonds. The summed E-state index contributed by atoms with van der Waals surface area (Å²) in [5.41, 5.74) is 0.716. The van der Waals surface area contributed by atoms with Gasteiger partial charge in [-0.25, -0.2) is 8.42 Å². The third-order valence-electron chi connectivity index (χ3n) is 5.02. The Labute approximate surface area is 189 Å². The number of anilines is 1. The topological polar surface area (TPSA) is 115 Å². The number of ether oxygens (including phenoxy) is 1. The first kappa shape index (κ1) is 22.3. The molecule has 168 valence electrons. The van der Waals surface area contributed by atoms with Gasteiger partial charge in [-0.3, -0.25) is 10.1 Å². The molecule has 0 unspecified atom stereocenters. The van der Waals surface area contributed by atoms with E-state index in [1.165, 1.54) is 16.4 Å². The lowest BCUT2D eigenvalue weighted by atomic mass is 10.2. The Balaban J connectivity index is 1.52. The van der Waals surface area contributed by atoms with Gasteiger partial charge in [0.1, 0.15) is 17.2 Å². The van der Waals surface area contributed by atoms with Crippen LogP contribution >= 0.6 is 11.6 Å². The SMILES string of the molecule is O=[N+]([O-])c1cc(S(=O)(=O)N2CCOCC2)ccc1NCc1ccc(-c2ccc(Cl)cc2)o1. The third-order valence-corrected chi connectivity index (χ3v) is 7.16. The van der Waals surface area contributed by atoms with Crippen LogP contribution in [0, 0.1) is 10.1 Å². The molecule has 0 bridgehead atoms. The van der Waals surface area contributed by atoms with Crippen molar-refractivity contribution in [3.05, 3.63) is 75.5 Å². The number of sulfonamides is 1. The van der Waals surface area contributed by atoms with E-state index in [9.17, 15) is 18.5 Å². The molecule has 1 aromatic heterocycles. The Morgan fingerprint density at radius 3 is 2.47 bits per heavy atom. The Bertz CT molecular complexity index is 1220. The van der Waals surface area contributed by atoms with E-state index in [2.05, 4.69) is 5.32 Å². The first-order chi connectivity index (χ1) is 15.3. The Morgan fingerprint density at radius 2 is 1.78 bits per heavy atom. The van der Waals surface area contributed by atoms with Crippen molar-refractivity contribution in [1.82, 2.24) is 4.31 Å². The van der Waals surface area contributed by atoms with Crippen molar-refractivity contribution < 1.29 is 22.5 Å². The van der Waals surface area contributed by atoms with Gasteiger partial charge in [0, 0.05) is 29.7 Å². The summed E-state index contributed by atoms with van der Waals surface area (Å²) in [7, 11) is -3.84. The van der Waals surface area contributed by atoms with Crippen LogP contribution < -0.4 is 5.32 Å². The van der Waals surface area contributed by atoms with E-state index in [-0.39, 0.29) is 35.9 Å². The highest BCUT2D eigenvalue weighted by Gasteiger charge is 2.28. The first-order valence-corrected chi connectivity index (χ1v) is 11.6. The number of nitrogens with zero attached hydrogens (tertiary/aromatic N) is 2. The molecule has 2 aromatic carbocycles. The van der Waals surface area contributed by atoms with Gasteiger partial charge < -0.3 is 14.5 Å². The number of rotatable bonds is 7. The molecule has 1 aliphatic heterocycles. The van der Waals surface area contributed by atoms with Gasteiger partial charge in [0.15, 0.2) is 0 Å². The van der Waals surface area contributed by atoms with Gasteiger partial charge in [-0.15, -0.1) is 0 Å². The van der Waals surface area contributed by atoms with Crippen LogP contribution in [0.4, 0.5) is 11.4 Å². The number of nitrogens with one attached hydrogen (secondary N) is 1. The van der Waals surface area contributed by atoms with E-state index < -0.39 is 14.9 Å². The molecule has 0 aliphatic carbocycles. The van der Waals surface area contributed by atoms with Crippen LogP contribution in [0.3, 0.4) is 0 Å². The van der Waals surface area contributed by atoms with E-state index in [1.54, 1.807) is 24.3 Å². The number of hydrogen-bond donors (Lipinski definition) is 1. The van der Waals surface area contributed by atoms with Crippen molar-refractivity contribution in [2.45, 2.75) is 11.4 Å². The maximum atomic E-state index is 12.8. The molecule has 1 saturated heterocycles. The molecule has 9 nitrogen and oxygen atoms in total. The van der Waals surface area contributed by atoms with Crippen molar-refractivity contribution >= 4 is 33.0 Å². The first-order valence-electron chi connectivity index (χ1n) is 9.79. The Hall–Kier alpha value is -2.92. The van der Waals surface area contributed by atoms with Crippen molar-refractivity contribution in [2.75, 3.05) is 31.6 Å². The lowest BCUT2D eigenvalue weighted by Gasteiger charge is -2.26. The Morgan fingerprint density at radius 1 is 1.06 bits per heavy atom. The van der Waals surface area contributed by atoms with E-state index in [1.807, 2.05) is 12.1 Å². The largest absolute Gasteiger partial charge is 0.459 e. The second kappa shape index (κ2) is 9.29. The van der Waals surface area contributed by atoms with Crippen molar-refractivity contribution in [3.8, 4) is 11.3 Å². The fraction of sp³-hybridized carbons (Fsp3) is 0.238. The fourth-order valence-corrected chi connectivity index (χ4v) is 4.89. The number of benzene rings is 2. The molecule has 32 heavy (non-hydrogen) atoms. The van der Waals surface area contributed by atoms with Crippen LogP contribution in [0.5, 0.6) is 0 Å². The maximum absolute atomic E-state index is 12.8. The zero-order valence-corrected chi connectivity index (χ0v) is 18.4. The number of nitro benzene ring substituents is 1. The molecule has 1 N–H and O–H groups in total. The number of morpholine rings is 1. The van der Waals surface area contributed by atoms with E-state index in [0.717, 1.165) is 11.6 Å². The van der Waals surface area contributed by atoms with E-state index >= 15 is 0 Å². The molecule has 4 rings (SSSR count). The lowest BCUT2D eigenvalue weighted by molar-refractivity contribution is -0.384. The summed E-state index contributed by atoms with van der Waals surface area (Å²) in [4.78, 5) is 10.9. The third kappa shape index (κ3) is 4.78. The number of nitro groups is 1. The standard InChI is InChI=1S/C21H20ClN3O6S/c22-16-3-1-15(2-4-16)21-8-5-17(31-21)14-23-19-7-6-18(13-20(19)25(26)27)32(28,29)24-9-11-30-12-10-24/h1-8,13,23H,9-12,14H2. The van der Waals surface area contributed by atoms with Crippen LogP contribution in [0.1, 0.15) is 5.76 Å². The normalized spacial score (nSPS) is 14.9. The molecule has 1 fully saturated rings. The highest BCUT2D eigenvalue weighted by atomic mass is 35.5.